The summed E-state index contributed by atoms with van der Waals surface area (Å²) >= 11 is 0. The predicted octanol–water partition coefficient (Wildman–Crippen LogP) is 6.10. The Morgan fingerprint density at radius 1 is 0.700 bits per heavy atom. The summed E-state index contributed by atoms with van der Waals surface area (Å²) in [6.45, 7) is 0. The third kappa shape index (κ3) is 3.61. The summed E-state index contributed by atoms with van der Waals surface area (Å²) in [6.07, 6.45) is 7.40. The van der Waals surface area contributed by atoms with Crippen molar-refractivity contribution in [2.75, 3.05) is 5.32 Å². The molecule has 0 radical (unpaired) electrons. The second-order valence-corrected chi connectivity index (χ2v) is 7.06. The molecular weight excluding hydrogens is 410 g/mol. The van der Waals surface area contributed by atoms with Crippen LogP contribution in [-0.2, 0) is 17.1 Å². The van der Waals surface area contributed by atoms with Gasteiger partial charge in [-0.2, -0.15) is 18.2 Å². The SMILES string of the molecule is [Fe+2].[O-]C(Nc1ccc2ccc3cccc4ccc1c2c34)=C1C=CC=C1.c1cc[cH-]c1. The zero-order chi connectivity index (χ0) is 19.6. The van der Waals surface area contributed by atoms with Crippen molar-refractivity contribution >= 4 is 38.0 Å². The summed E-state index contributed by atoms with van der Waals surface area (Å²) in [6, 6.07) is 29.0. The maximum atomic E-state index is 12.4. The van der Waals surface area contributed by atoms with Gasteiger partial charge in [0.05, 0.1) is 0 Å². The summed E-state index contributed by atoms with van der Waals surface area (Å²) in [4.78, 5) is 0. The molecule has 0 aliphatic heterocycles. The molecule has 0 heterocycles. The van der Waals surface area contributed by atoms with Crippen molar-refractivity contribution in [2.45, 2.75) is 0 Å². The summed E-state index contributed by atoms with van der Waals surface area (Å²) in [5, 5.41) is 22.7. The number of nitrogens with one attached hydrogen (secondary N) is 1. The van der Waals surface area contributed by atoms with Crippen molar-refractivity contribution in [1.29, 1.82) is 0 Å². The number of anilines is 1. The molecule has 5 aromatic rings. The van der Waals surface area contributed by atoms with Crippen LogP contribution in [0.2, 0.25) is 0 Å². The first-order valence-electron chi connectivity index (χ1n) is 9.67. The first kappa shape index (κ1) is 19.9. The Balaban J connectivity index is 0.000000321. The van der Waals surface area contributed by atoms with Crippen LogP contribution in [0, 0.1) is 0 Å². The van der Waals surface area contributed by atoms with E-state index in [9.17, 15) is 5.11 Å². The van der Waals surface area contributed by atoms with Gasteiger partial charge in [-0.05, 0) is 44.5 Å². The van der Waals surface area contributed by atoms with Gasteiger partial charge in [0.15, 0.2) is 0 Å². The molecule has 5 aromatic carbocycles. The molecule has 2 nitrogen and oxygen atoms in total. The second kappa shape index (κ2) is 8.54. The maximum Gasteiger partial charge on any atom is 2.00 e. The van der Waals surface area contributed by atoms with Gasteiger partial charge < -0.3 is 10.4 Å². The van der Waals surface area contributed by atoms with Gasteiger partial charge in [0, 0.05) is 11.1 Å². The third-order valence-electron chi connectivity index (χ3n) is 5.26. The number of allylic oxidation sites excluding steroid dienone is 5. The first-order valence-corrected chi connectivity index (χ1v) is 9.67. The fourth-order valence-corrected chi connectivity index (χ4v) is 3.88. The van der Waals surface area contributed by atoms with E-state index in [1.54, 1.807) is 0 Å². The topological polar surface area (TPSA) is 35.1 Å². The molecular formula is C27H19FeNO. The van der Waals surface area contributed by atoms with Crippen molar-refractivity contribution in [1.82, 2.24) is 0 Å². The molecule has 30 heavy (non-hydrogen) atoms. The smallest absolute Gasteiger partial charge is 0.860 e. The minimum Gasteiger partial charge on any atom is -0.860 e. The normalized spacial score (nSPS) is 12.2. The van der Waals surface area contributed by atoms with Crippen LogP contribution in [-0.4, -0.2) is 0 Å². The number of rotatable bonds is 2. The third-order valence-corrected chi connectivity index (χ3v) is 5.26. The van der Waals surface area contributed by atoms with Crippen LogP contribution in [0.15, 0.2) is 121 Å². The molecule has 1 N–H and O–H groups in total. The molecule has 3 heteroatoms. The van der Waals surface area contributed by atoms with Gasteiger partial charge in [-0.1, -0.05) is 72.8 Å². The summed E-state index contributed by atoms with van der Waals surface area (Å²) in [7, 11) is 0. The van der Waals surface area contributed by atoms with E-state index in [0.717, 1.165) is 11.1 Å². The van der Waals surface area contributed by atoms with Crippen LogP contribution in [0.25, 0.3) is 32.3 Å². The summed E-state index contributed by atoms with van der Waals surface area (Å²) in [5.74, 6) is -0.0740. The fourth-order valence-electron chi connectivity index (χ4n) is 3.88. The largest absolute Gasteiger partial charge is 2.00 e. The Kier molecular flexibility index (Phi) is 5.67. The minimum absolute atomic E-state index is 0. The zero-order valence-corrected chi connectivity index (χ0v) is 17.3. The van der Waals surface area contributed by atoms with E-state index in [1.165, 1.54) is 26.9 Å². The van der Waals surface area contributed by atoms with Crippen molar-refractivity contribution < 1.29 is 22.2 Å². The number of benzene rings is 4. The fraction of sp³-hybridized carbons (Fsp3) is 0. The Labute approximate surface area is 186 Å². The molecule has 0 spiro atoms. The molecule has 0 fully saturated rings. The average molecular weight is 429 g/mol. The molecule has 0 aromatic heterocycles. The van der Waals surface area contributed by atoms with Gasteiger partial charge >= 0.3 is 17.1 Å². The van der Waals surface area contributed by atoms with Gasteiger partial charge in [-0.25, -0.2) is 12.1 Å². The van der Waals surface area contributed by atoms with Crippen LogP contribution in [0.1, 0.15) is 0 Å². The van der Waals surface area contributed by atoms with E-state index >= 15 is 0 Å². The summed E-state index contributed by atoms with van der Waals surface area (Å²) < 4.78 is 0. The molecule has 0 saturated heterocycles. The average Bonchev–Trinajstić information content (AvgIpc) is 3.50. The van der Waals surface area contributed by atoms with E-state index in [2.05, 4.69) is 53.8 Å². The standard InChI is InChI=1S/C22H15NO.C5H5.Fe/c24-22(17-4-1-2-5-17)23-19-13-11-16-9-8-14-6-3-7-15-10-12-18(19)21(16)20(14)15;1-2-4-5-3-1;/h1-13,23-24H;1-5H;/q;-1;+2/p-1. The predicted molar refractivity (Wildman–Crippen MR) is 121 cm³/mol. The minimum atomic E-state index is -0.0740. The molecule has 0 bridgehead atoms. The maximum absolute atomic E-state index is 12.4. The van der Waals surface area contributed by atoms with Crippen molar-refractivity contribution in [3.8, 4) is 0 Å². The van der Waals surface area contributed by atoms with E-state index in [1.807, 2.05) is 60.7 Å². The summed E-state index contributed by atoms with van der Waals surface area (Å²) in [5.41, 5.74) is 1.53. The van der Waals surface area contributed by atoms with Crippen LogP contribution in [0.4, 0.5) is 5.69 Å². The quantitative estimate of drug-likeness (QED) is 0.159. The zero-order valence-electron chi connectivity index (χ0n) is 16.2. The molecule has 1 aliphatic carbocycles. The Morgan fingerprint density at radius 3 is 1.93 bits per heavy atom. The Hall–Kier alpha value is -3.39. The number of hydrogen-bond donors (Lipinski definition) is 1. The van der Waals surface area contributed by atoms with E-state index in [-0.39, 0.29) is 23.0 Å². The molecule has 0 unspecified atom stereocenters. The van der Waals surface area contributed by atoms with Gasteiger partial charge in [0.1, 0.15) is 0 Å². The van der Waals surface area contributed by atoms with Gasteiger partial charge in [-0.15, -0.1) is 0 Å². The molecule has 0 atom stereocenters. The molecule has 1 aliphatic rings. The Bertz CT molecular complexity index is 1330. The van der Waals surface area contributed by atoms with Crippen LogP contribution >= 0.6 is 0 Å². The molecule has 0 amide bonds. The van der Waals surface area contributed by atoms with E-state index in [4.69, 9.17) is 0 Å². The van der Waals surface area contributed by atoms with Gasteiger partial charge in [0.2, 0.25) is 0 Å². The second-order valence-electron chi connectivity index (χ2n) is 7.06. The van der Waals surface area contributed by atoms with Crippen LogP contribution < -0.4 is 10.4 Å². The van der Waals surface area contributed by atoms with Crippen molar-refractivity contribution in [3.05, 3.63) is 121 Å². The Morgan fingerprint density at radius 2 is 1.30 bits per heavy atom. The van der Waals surface area contributed by atoms with Crippen molar-refractivity contribution in [3.63, 3.8) is 0 Å². The van der Waals surface area contributed by atoms with Gasteiger partial charge in [-0.3, -0.25) is 0 Å². The van der Waals surface area contributed by atoms with Crippen LogP contribution in [0.5, 0.6) is 0 Å². The molecule has 0 saturated carbocycles. The van der Waals surface area contributed by atoms with Crippen LogP contribution in [0.3, 0.4) is 0 Å². The van der Waals surface area contributed by atoms with E-state index < -0.39 is 0 Å². The van der Waals surface area contributed by atoms with Gasteiger partial charge in [0.25, 0.3) is 0 Å². The van der Waals surface area contributed by atoms with E-state index in [0.29, 0.717) is 5.57 Å². The monoisotopic (exact) mass is 429 g/mol. The molecule has 146 valence electrons. The molecule has 6 rings (SSSR count). The first-order chi connectivity index (χ1) is 14.3. The van der Waals surface area contributed by atoms with Crippen molar-refractivity contribution in [2.24, 2.45) is 0 Å². The number of hydrogen-bond acceptors (Lipinski definition) is 2.